The first-order chi connectivity index (χ1) is 1.73. The van der Waals surface area contributed by atoms with Crippen molar-refractivity contribution in [1.29, 1.82) is 0 Å². The molecule has 0 unspecified atom stereocenters. The van der Waals surface area contributed by atoms with Gasteiger partial charge in [0.05, 0.1) is 0 Å². The quantitative estimate of drug-likeness (QED) is 0.393. The maximum atomic E-state index is 4.81. The van der Waals surface area contributed by atoms with Crippen LogP contribution in [-0.4, -0.2) is 4.30 Å². The van der Waals surface area contributed by atoms with Gasteiger partial charge in [0.25, 0.3) is 0 Å². The van der Waals surface area contributed by atoms with E-state index in [9.17, 15) is 0 Å². The molecule has 0 N–H and O–H groups in total. The summed E-state index contributed by atoms with van der Waals surface area (Å²) in [5.41, 5.74) is 0. The Morgan fingerprint density at radius 2 is 1.00 bits per heavy atom. The number of halogens is 3. The van der Waals surface area contributed by atoms with Crippen LogP contribution in [0.25, 0.3) is 0 Å². The smallest absolute Gasteiger partial charge is 0.0874 e. The van der Waals surface area contributed by atoms with Crippen LogP contribution in [0.3, 0.4) is 0 Å². The molecule has 0 aliphatic rings. The zero-order chi connectivity index (χ0) is 3.58. The van der Waals surface area contributed by atoms with E-state index in [0.29, 0.717) is 0 Å². The predicted octanol–water partition coefficient (Wildman–Crippen LogP) is 1.98. The van der Waals surface area contributed by atoms with Gasteiger partial charge in [-0.2, -0.15) is 0 Å². The summed E-state index contributed by atoms with van der Waals surface area (Å²) >= 11 is 14.4. The Balaban J connectivity index is 0. The summed E-state index contributed by atoms with van der Waals surface area (Å²) in [6.45, 7) is 0. The Morgan fingerprint density at radius 1 is 1.00 bits per heavy atom. The zero-order valence-corrected chi connectivity index (χ0v) is 5.28. The van der Waals surface area contributed by atoms with Crippen LogP contribution >= 0.6 is 34.8 Å². The molecule has 0 aromatic carbocycles. The van der Waals surface area contributed by atoms with Crippen molar-refractivity contribution >= 4 is 34.8 Å². The van der Waals surface area contributed by atoms with Crippen molar-refractivity contribution in [2.45, 2.75) is 4.30 Å². The minimum atomic E-state index is -0.750. The van der Waals surface area contributed by atoms with Gasteiger partial charge in [-0.05, 0) is 0 Å². The first kappa shape index (κ1) is 9.61. The Labute approximate surface area is 55.7 Å². The molecule has 36 valence electrons. The van der Waals surface area contributed by atoms with E-state index in [4.69, 9.17) is 34.8 Å². The molecule has 0 heterocycles. The molecule has 0 fully saturated rings. The monoisotopic (exact) mass is 176 g/mol. The molecule has 0 atom stereocenters. The van der Waals surface area contributed by atoms with Crippen molar-refractivity contribution in [2.24, 2.45) is 0 Å². The van der Waals surface area contributed by atoms with Crippen molar-refractivity contribution < 1.29 is 16.5 Å². The maximum absolute atomic E-state index is 4.81. The first-order valence-corrected chi connectivity index (χ1v) is 1.96. The van der Waals surface area contributed by atoms with Crippen LogP contribution in [0.4, 0.5) is 0 Å². The van der Waals surface area contributed by atoms with E-state index in [-0.39, 0.29) is 16.5 Å². The van der Waals surface area contributed by atoms with Gasteiger partial charge in [-0.1, -0.05) is 34.8 Å². The zero-order valence-electron chi connectivity index (χ0n) is 2.03. The predicted molar refractivity (Wildman–Crippen MR) is 21.3 cm³/mol. The van der Waals surface area contributed by atoms with Crippen LogP contribution in [0.2, 0.25) is 0 Å². The molecule has 0 bridgehead atoms. The number of hydrogen-bond acceptors (Lipinski definition) is 0. The van der Waals surface area contributed by atoms with Crippen molar-refractivity contribution in [2.75, 3.05) is 0 Å². The Kier molecular flexibility index (Phi) is 10.3. The molecule has 0 rings (SSSR count). The molecular weight excluding hydrogens is 177 g/mol. The van der Waals surface area contributed by atoms with Gasteiger partial charge in [0.2, 0.25) is 0 Å². The average Bonchev–Trinajstić information content (AvgIpc) is 0.811. The molecule has 0 aromatic rings. The fraction of sp³-hybridized carbons (Fsp3) is 1.00. The Bertz CT molecular complexity index is 11.6. The molecule has 0 spiro atoms. The standard InChI is InChI=1S/CHCl3.Ni/c2-1(3)4;/h1H;. The second kappa shape index (κ2) is 5.36. The molecule has 0 saturated heterocycles. The van der Waals surface area contributed by atoms with Crippen LogP contribution in [0.5, 0.6) is 0 Å². The van der Waals surface area contributed by atoms with E-state index in [0.717, 1.165) is 0 Å². The summed E-state index contributed by atoms with van der Waals surface area (Å²) in [5.74, 6) is 0. The molecule has 5 heavy (non-hydrogen) atoms. The van der Waals surface area contributed by atoms with Gasteiger partial charge >= 0.3 is 0 Å². The SMILES string of the molecule is ClC(Cl)Cl.[Ni]. The summed E-state index contributed by atoms with van der Waals surface area (Å²) in [4.78, 5) is 0. The number of rotatable bonds is 0. The van der Waals surface area contributed by atoms with Crippen LogP contribution < -0.4 is 0 Å². The van der Waals surface area contributed by atoms with Crippen molar-refractivity contribution in [3.05, 3.63) is 0 Å². The van der Waals surface area contributed by atoms with E-state index in [1.165, 1.54) is 0 Å². The molecule has 0 nitrogen and oxygen atoms in total. The average molecular weight is 178 g/mol. The van der Waals surface area contributed by atoms with Gasteiger partial charge in [-0.3, -0.25) is 0 Å². The minimum Gasteiger partial charge on any atom is -0.0874 e. The van der Waals surface area contributed by atoms with Crippen molar-refractivity contribution in [1.82, 2.24) is 0 Å². The second-order valence-corrected chi connectivity index (χ2v) is 2.23. The molecule has 0 aliphatic heterocycles. The van der Waals surface area contributed by atoms with Crippen LogP contribution in [0.1, 0.15) is 0 Å². The minimum absolute atomic E-state index is 0. The van der Waals surface area contributed by atoms with E-state index < -0.39 is 4.30 Å². The Morgan fingerprint density at radius 3 is 1.00 bits per heavy atom. The molecular formula is CHCl3Ni. The van der Waals surface area contributed by atoms with Gasteiger partial charge in [-0.15, -0.1) is 0 Å². The number of alkyl halides is 3. The van der Waals surface area contributed by atoms with Crippen LogP contribution in [-0.2, 0) is 16.5 Å². The van der Waals surface area contributed by atoms with E-state index in [1.54, 1.807) is 0 Å². The van der Waals surface area contributed by atoms with E-state index in [1.807, 2.05) is 0 Å². The van der Waals surface area contributed by atoms with E-state index in [2.05, 4.69) is 0 Å². The van der Waals surface area contributed by atoms with E-state index >= 15 is 0 Å². The summed E-state index contributed by atoms with van der Waals surface area (Å²) < 4.78 is -0.750. The van der Waals surface area contributed by atoms with Gasteiger partial charge in [0, 0.05) is 16.5 Å². The van der Waals surface area contributed by atoms with Gasteiger partial charge < -0.3 is 0 Å². The molecule has 0 radical (unpaired) electrons. The largest absolute Gasteiger partial charge is 0.180 e. The third-order valence-electron chi connectivity index (χ3n) is 0. The normalized spacial score (nSPS) is 7.20. The fourth-order valence-electron chi connectivity index (χ4n) is 0. The van der Waals surface area contributed by atoms with Crippen LogP contribution in [0.15, 0.2) is 0 Å². The van der Waals surface area contributed by atoms with Gasteiger partial charge in [0.1, 0.15) is 0 Å². The molecule has 0 aromatic heterocycles. The third kappa shape index (κ3) is 32.6. The van der Waals surface area contributed by atoms with Crippen molar-refractivity contribution in [3.8, 4) is 0 Å². The molecule has 4 heteroatoms. The summed E-state index contributed by atoms with van der Waals surface area (Å²) in [6.07, 6.45) is 0. The van der Waals surface area contributed by atoms with Crippen molar-refractivity contribution in [3.63, 3.8) is 0 Å². The summed E-state index contributed by atoms with van der Waals surface area (Å²) in [7, 11) is 0. The molecule has 0 amide bonds. The van der Waals surface area contributed by atoms with Crippen LogP contribution in [0, 0.1) is 0 Å². The topological polar surface area (TPSA) is 0 Å². The third-order valence-corrected chi connectivity index (χ3v) is 0. The van der Waals surface area contributed by atoms with Gasteiger partial charge in [-0.25, -0.2) is 0 Å². The second-order valence-electron chi connectivity index (χ2n) is 0.247. The summed E-state index contributed by atoms with van der Waals surface area (Å²) in [6, 6.07) is 0. The Hall–Kier alpha value is 1.36. The molecule has 0 saturated carbocycles. The fourth-order valence-corrected chi connectivity index (χ4v) is 0. The summed E-state index contributed by atoms with van der Waals surface area (Å²) in [5, 5.41) is 0. The van der Waals surface area contributed by atoms with Gasteiger partial charge in [0.15, 0.2) is 4.30 Å². The molecule has 0 aliphatic carbocycles. The maximum Gasteiger partial charge on any atom is 0.180 e. The first-order valence-electron chi connectivity index (χ1n) is 0.655. The number of hydrogen-bond donors (Lipinski definition) is 0.